The van der Waals surface area contributed by atoms with Gasteiger partial charge in [0.2, 0.25) is 0 Å². The zero-order valence-electron chi connectivity index (χ0n) is 8.48. The molecular formula is C11H15ClFN. The number of aryl methyl sites for hydroxylation is 1. The van der Waals surface area contributed by atoms with E-state index in [0.29, 0.717) is 17.1 Å². The highest BCUT2D eigenvalue weighted by atomic mass is 35.5. The molecule has 0 spiro atoms. The molecule has 78 valence electrons. The monoisotopic (exact) mass is 215 g/mol. The minimum Gasteiger partial charge on any atom is -0.317 e. The van der Waals surface area contributed by atoms with Gasteiger partial charge in [-0.1, -0.05) is 30.7 Å². The average molecular weight is 216 g/mol. The molecule has 1 rings (SSSR count). The van der Waals surface area contributed by atoms with Crippen molar-refractivity contribution in [2.24, 2.45) is 0 Å². The van der Waals surface area contributed by atoms with Crippen LogP contribution < -0.4 is 5.32 Å². The Balaban J connectivity index is 2.85. The molecule has 1 unspecified atom stereocenters. The van der Waals surface area contributed by atoms with Crippen molar-refractivity contribution in [3.05, 3.63) is 34.3 Å². The van der Waals surface area contributed by atoms with Gasteiger partial charge in [-0.3, -0.25) is 0 Å². The van der Waals surface area contributed by atoms with Gasteiger partial charge < -0.3 is 5.32 Å². The van der Waals surface area contributed by atoms with Gasteiger partial charge >= 0.3 is 0 Å². The maximum Gasteiger partial charge on any atom is 0.138 e. The number of likely N-dealkylation sites (N-methyl/N-ethyl adjacent to an activating group) is 1. The summed E-state index contributed by atoms with van der Waals surface area (Å²) in [5.41, 5.74) is 1.70. The summed E-state index contributed by atoms with van der Waals surface area (Å²) in [4.78, 5) is 0. The molecule has 0 aliphatic rings. The van der Waals surface area contributed by atoms with Crippen LogP contribution in [0.4, 0.5) is 4.39 Å². The summed E-state index contributed by atoms with van der Waals surface area (Å²) in [6, 6.07) is 5.40. The van der Waals surface area contributed by atoms with Crippen molar-refractivity contribution in [2.45, 2.75) is 19.5 Å². The van der Waals surface area contributed by atoms with Crippen LogP contribution in [0.2, 0.25) is 5.02 Å². The summed E-state index contributed by atoms with van der Waals surface area (Å²) in [6.07, 6.45) is -0.106. The first-order valence-electron chi connectivity index (χ1n) is 4.76. The van der Waals surface area contributed by atoms with Crippen LogP contribution in [0.3, 0.4) is 0 Å². The predicted molar refractivity (Wildman–Crippen MR) is 58.6 cm³/mol. The fourth-order valence-electron chi connectivity index (χ4n) is 1.34. The largest absolute Gasteiger partial charge is 0.317 e. The molecule has 0 amide bonds. The van der Waals surface area contributed by atoms with E-state index in [4.69, 9.17) is 11.6 Å². The number of nitrogens with one attached hydrogen (secondary N) is 1. The standard InChI is InChI=1S/C11H15ClFN/c1-3-8-4-5-9(6-10(8)12)11(13)7-14-2/h4-6,11,14H,3,7H2,1-2H3. The highest BCUT2D eigenvalue weighted by molar-refractivity contribution is 6.31. The van der Waals surface area contributed by atoms with E-state index in [1.165, 1.54) is 0 Å². The quantitative estimate of drug-likeness (QED) is 0.814. The molecule has 0 saturated carbocycles. The SMILES string of the molecule is CCc1ccc(C(F)CNC)cc1Cl. The second kappa shape index (κ2) is 5.32. The van der Waals surface area contributed by atoms with Crippen molar-refractivity contribution in [2.75, 3.05) is 13.6 Å². The Morgan fingerprint density at radius 3 is 2.71 bits per heavy atom. The van der Waals surface area contributed by atoms with Gasteiger partial charge in [-0.2, -0.15) is 0 Å². The van der Waals surface area contributed by atoms with Crippen LogP contribution in [0.5, 0.6) is 0 Å². The van der Waals surface area contributed by atoms with Crippen molar-refractivity contribution < 1.29 is 4.39 Å². The normalized spacial score (nSPS) is 12.9. The fourth-order valence-corrected chi connectivity index (χ4v) is 1.66. The summed E-state index contributed by atoms with van der Waals surface area (Å²) >= 11 is 5.99. The lowest BCUT2D eigenvalue weighted by atomic mass is 10.1. The lowest BCUT2D eigenvalue weighted by molar-refractivity contribution is 0.335. The first-order valence-corrected chi connectivity index (χ1v) is 5.13. The van der Waals surface area contributed by atoms with Gasteiger partial charge in [0.1, 0.15) is 6.17 Å². The van der Waals surface area contributed by atoms with Crippen molar-refractivity contribution in [1.29, 1.82) is 0 Å². The van der Waals surface area contributed by atoms with E-state index in [1.807, 2.05) is 13.0 Å². The molecule has 0 fully saturated rings. The van der Waals surface area contributed by atoms with Gasteiger partial charge in [0, 0.05) is 11.6 Å². The molecule has 0 aliphatic heterocycles. The van der Waals surface area contributed by atoms with Crippen LogP contribution >= 0.6 is 11.6 Å². The lowest BCUT2D eigenvalue weighted by Gasteiger charge is -2.09. The molecule has 0 heterocycles. The van der Waals surface area contributed by atoms with Crippen molar-refractivity contribution >= 4 is 11.6 Å². The van der Waals surface area contributed by atoms with Crippen LogP contribution in [0, 0.1) is 0 Å². The van der Waals surface area contributed by atoms with E-state index in [0.717, 1.165) is 12.0 Å². The number of halogens is 2. The molecule has 1 nitrogen and oxygen atoms in total. The maximum atomic E-state index is 13.4. The van der Waals surface area contributed by atoms with Crippen LogP contribution in [0.1, 0.15) is 24.2 Å². The number of alkyl halides is 1. The van der Waals surface area contributed by atoms with Gasteiger partial charge in [-0.15, -0.1) is 0 Å². The van der Waals surface area contributed by atoms with E-state index in [1.54, 1.807) is 19.2 Å². The molecule has 1 atom stereocenters. The zero-order chi connectivity index (χ0) is 10.6. The van der Waals surface area contributed by atoms with E-state index in [9.17, 15) is 4.39 Å². The molecule has 0 radical (unpaired) electrons. The van der Waals surface area contributed by atoms with E-state index in [-0.39, 0.29) is 0 Å². The van der Waals surface area contributed by atoms with Crippen LogP contribution in [0.25, 0.3) is 0 Å². The molecular weight excluding hydrogens is 201 g/mol. The summed E-state index contributed by atoms with van der Waals surface area (Å²) in [5.74, 6) is 0. The predicted octanol–water partition coefficient (Wildman–Crippen LogP) is 3.13. The molecule has 0 aromatic heterocycles. The highest BCUT2D eigenvalue weighted by Crippen LogP contribution is 2.24. The first kappa shape index (κ1) is 11.5. The summed E-state index contributed by atoms with van der Waals surface area (Å²) in [5, 5.41) is 3.45. The van der Waals surface area contributed by atoms with E-state index >= 15 is 0 Å². The Bertz CT molecular complexity index is 301. The Hall–Kier alpha value is -0.600. The molecule has 3 heteroatoms. The number of rotatable bonds is 4. The Labute approximate surface area is 89.3 Å². The second-order valence-corrected chi connectivity index (χ2v) is 3.64. The Kier molecular flexibility index (Phi) is 4.36. The second-order valence-electron chi connectivity index (χ2n) is 3.23. The zero-order valence-corrected chi connectivity index (χ0v) is 9.24. The van der Waals surface area contributed by atoms with Gasteiger partial charge in [-0.05, 0) is 30.7 Å². The van der Waals surface area contributed by atoms with Crippen LogP contribution in [-0.2, 0) is 6.42 Å². The first-order chi connectivity index (χ1) is 6.69. The average Bonchev–Trinajstić information content (AvgIpc) is 2.18. The van der Waals surface area contributed by atoms with Crippen LogP contribution in [0.15, 0.2) is 18.2 Å². The summed E-state index contributed by atoms with van der Waals surface area (Å²) in [6.45, 7) is 2.35. The van der Waals surface area contributed by atoms with Gasteiger partial charge in [0.25, 0.3) is 0 Å². The molecule has 1 aromatic rings. The van der Waals surface area contributed by atoms with E-state index in [2.05, 4.69) is 5.32 Å². The molecule has 0 aliphatic carbocycles. The van der Waals surface area contributed by atoms with Crippen LogP contribution in [-0.4, -0.2) is 13.6 Å². The lowest BCUT2D eigenvalue weighted by Crippen LogP contribution is -2.13. The Morgan fingerprint density at radius 1 is 1.50 bits per heavy atom. The van der Waals surface area contributed by atoms with Crippen molar-refractivity contribution in [1.82, 2.24) is 5.32 Å². The third-order valence-electron chi connectivity index (χ3n) is 2.20. The minimum absolute atomic E-state index is 0.321. The van der Waals surface area contributed by atoms with Gasteiger partial charge in [-0.25, -0.2) is 4.39 Å². The maximum absolute atomic E-state index is 13.4. The topological polar surface area (TPSA) is 12.0 Å². The Morgan fingerprint density at radius 2 is 2.21 bits per heavy atom. The van der Waals surface area contributed by atoms with Gasteiger partial charge in [0.15, 0.2) is 0 Å². The fraction of sp³-hybridized carbons (Fsp3) is 0.455. The highest BCUT2D eigenvalue weighted by Gasteiger charge is 2.09. The molecule has 1 N–H and O–H groups in total. The van der Waals surface area contributed by atoms with Crippen molar-refractivity contribution in [3.63, 3.8) is 0 Å². The molecule has 1 aromatic carbocycles. The number of hydrogen-bond donors (Lipinski definition) is 1. The van der Waals surface area contributed by atoms with E-state index < -0.39 is 6.17 Å². The number of benzene rings is 1. The van der Waals surface area contributed by atoms with Crippen molar-refractivity contribution in [3.8, 4) is 0 Å². The smallest absolute Gasteiger partial charge is 0.138 e. The summed E-state index contributed by atoms with van der Waals surface area (Å²) < 4.78 is 13.4. The number of hydrogen-bond acceptors (Lipinski definition) is 1. The van der Waals surface area contributed by atoms with Gasteiger partial charge in [0.05, 0.1) is 0 Å². The third-order valence-corrected chi connectivity index (χ3v) is 2.55. The minimum atomic E-state index is -0.983. The molecule has 0 bridgehead atoms. The summed E-state index contributed by atoms with van der Waals surface area (Å²) in [7, 11) is 1.73. The molecule has 0 saturated heterocycles. The third kappa shape index (κ3) is 2.69. The molecule has 14 heavy (non-hydrogen) atoms.